The van der Waals surface area contributed by atoms with Gasteiger partial charge in [0.2, 0.25) is 0 Å². The van der Waals surface area contributed by atoms with Crippen LogP contribution in [0.3, 0.4) is 0 Å². The molecule has 3 rings (SSSR count). The van der Waals surface area contributed by atoms with Crippen molar-refractivity contribution in [3.05, 3.63) is 59.9 Å². The number of hydrogen-bond acceptors (Lipinski definition) is 5. The number of hydrogen-bond donors (Lipinski definition) is 1. The van der Waals surface area contributed by atoms with Crippen molar-refractivity contribution in [2.24, 2.45) is 5.10 Å². The predicted molar refractivity (Wildman–Crippen MR) is 89.6 cm³/mol. The molecule has 0 fully saturated rings. The van der Waals surface area contributed by atoms with Crippen LogP contribution in [0.4, 0.5) is 0 Å². The molecule has 2 aromatic rings. The predicted octanol–water partition coefficient (Wildman–Crippen LogP) is 2.55. The van der Waals surface area contributed by atoms with E-state index in [0.717, 1.165) is 10.7 Å². The van der Waals surface area contributed by atoms with Gasteiger partial charge in [-0.15, -0.1) is 0 Å². The highest BCUT2D eigenvalue weighted by atomic mass is 16.5. The lowest BCUT2D eigenvalue weighted by Crippen LogP contribution is -2.43. The normalized spacial score (nSPS) is 20.0. The third kappa shape index (κ3) is 2.76. The number of rotatable bonds is 4. The fourth-order valence-electron chi connectivity index (χ4n) is 2.72. The number of methoxy groups -OCH3 is 1. The summed E-state index contributed by atoms with van der Waals surface area (Å²) in [7, 11) is 1.58. The van der Waals surface area contributed by atoms with E-state index >= 15 is 0 Å². The smallest absolute Gasteiger partial charge is 0.278 e. The van der Waals surface area contributed by atoms with Crippen molar-refractivity contribution in [3.63, 3.8) is 0 Å². The molecule has 124 valence electrons. The van der Waals surface area contributed by atoms with Gasteiger partial charge in [-0.05, 0) is 30.7 Å². The summed E-state index contributed by atoms with van der Waals surface area (Å²) in [5.74, 6) is 0.298. The quantitative estimate of drug-likeness (QED) is 0.937. The standard InChI is InChI=1S/C18H19N3O3/c1-3-15-11-18(23,14-6-8-16(24-2)9-7-14)21(20-15)17(22)13-5-4-10-19-12-13/h4-10,12,23H,3,11H2,1-2H3/t18-/m1/s1. The highest BCUT2D eigenvalue weighted by Crippen LogP contribution is 2.37. The first-order chi connectivity index (χ1) is 11.6. The van der Waals surface area contributed by atoms with E-state index in [9.17, 15) is 9.90 Å². The van der Waals surface area contributed by atoms with Crippen LogP contribution in [-0.4, -0.2) is 33.8 Å². The van der Waals surface area contributed by atoms with Crippen molar-refractivity contribution >= 4 is 11.6 Å². The summed E-state index contributed by atoms with van der Waals surface area (Å²) in [6.07, 6.45) is 4.00. The maximum Gasteiger partial charge on any atom is 0.278 e. The number of amides is 1. The maximum absolute atomic E-state index is 12.8. The Bertz CT molecular complexity index is 759. The molecule has 0 radical (unpaired) electrons. The van der Waals surface area contributed by atoms with Crippen molar-refractivity contribution in [1.82, 2.24) is 9.99 Å². The molecular weight excluding hydrogens is 306 g/mol. The Morgan fingerprint density at radius 3 is 2.67 bits per heavy atom. The summed E-state index contributed by atoms with van der Waals surface area (Å²) in [4.78, 5) is 16.8. The molecule has 24 heavy (non-hydrogen) atoms. The van der Waals surface area contributed by atoms with Crippen LogP contribution < -0.4 is 4.74 Å². The first-order valence-electron chi connectivity index (χ1n) is 7.76. The second-order valence-electron chi connectivity index (χ2n) is 5.60. The van der Waals surface area contributed by atoms with Crippen LogP contribution in [0.1, 0.15) is 35.7 Å². The third-order valence-electron chi connectivity index (χ3n) is 4.10. The molecular formula is C18H19N3O3. The molecule has 0 aliphatic carbocycles. The zero-order valence-electron chi connectivity index (χ0n) is 13.6. The van der Waals surface area contributed by atoms with Crippen LogP contribution in [0.2, 0.25) is 0 Å². The summed E-state index contributed by atoms with van der Waals surface area (Å²) in [5, 5.41) is 16.8. The highest BCUT2D eigenvalue weighted by molar-refractivity contribution is 5.98. The number of benzene rings is 1. The van der Waals surface area contributed by atoms with E-state index in [4.69, 9.17) is 4.74 Å². The van der Waals surface area contributed by atoms with Crippen molar-refractivity contribution in [2.45, 2.75) is 25.5 Å². The average Bonchev–Trinajstić information content (AvgIpc) is 3.00. The lowest BCUT2D eigenvalue weighted by Gasteiger charge is -2.31. The number of ether oxygens (including phenoxy) is 1. The van der Waals surface area contributed by atoms with Crippen LogP contribution in [0.5, 0.6) is 5.75 Å². The van der Waals surface area contributed by atoms with Crippen LogP contribution in [-0.2, 0) is 5.72 Å². The van der Waals surface area contributed by atoms with Crippen LogP contribution in [0.25, 0.3) is 0 Å². The summed E-state index contributed by atoms with van der Waals surface area (Å²) in [6, 6.07) is 10.3. The largest absolute Gasteiger partial charge is 0.497 e. The first kappa shape index (κ1) is 16.1. The summed E-state index contributed by atoms with van der Waals surface area (Å²) in [6.45, 7) is 1.95. The minimum atomic E-state index is -1.51. The molecule has 1 aliphatic rings. The molecule has 1 N–H and O–H groups in total. The van der Waals surface area contributed by atoms with E-state index < -0.39 is 5.72 Å². The van der Waals surface area contributed by atoms with Crippen LogP contribution in [0, 0.1) is 0 Å². The van der Waals surface area contributed by atoms with Crippen molar-refractivity contribution in [2.75, 3.05) is 7.11 Å². The monoisotopic (exact) mass is 325 g/mol. The van der Waals surface area contributed by atoms with E-state index in [-0.39, 0.29) is 12.3 Å². The molecule has 1 amide bonds. The van der Waals surface area contributed by atoms with Gasteiger partial charge in [0.15, 0.2) is 5.72 Å². The minimum Gasteiger partial charge on any atom is -0.497 e. The van der Waals surface area contributed by atoms with Gasteiger partial charge in [-0.2, -0.15) is 10.1 Å². The molecule has 1 aliphatic heterocycles. The average molecular weight is 325 g/mol. The van der Waals surface area contributed by atoms with Gasteiger partial charge in [-0.25, -0.2) is 0 Å². The number of aliphatic hydroxyl groups is 1. The number of aromatic nitrogens is 1. The van der Waals surface area contributed by atoms with Gasteiger partial charge < -0.3 is 9.84 Å². The van der Waals surface area contributed by atoms with Gasteiger partial charge in [0.1, 0.15) is 5.75 Å². The van der Waals surface area contributed by atoms with Gasteiger partial charge in [-0.3, -0.25) is 9.78 Å². The van der Waals surface area contributed by atoms with Crippen LogP contribution >= 0.6 is 0 Å². The Hall–Kier alpha value is -2.73. The van der Waals surface area contributed by atoms with Gasteiger partial charge in [0.25, 0.3) is 5.91 Å². The van der Waals surface area contributed by atoms with Crippen molar-refractivity contribution in [3.8, 4) is 5.75 Å². The molecule has 1 aromatic heterocycles. The lowest BCUT2D eigenvalue weighted by molar-refractivity contribution is -0.0765. The van der Waals surface area contributed by atoms with Gasteiger partial charge >= 0.3 is 0 Å². The topological polar surface area (TPSA) is 75.0 Å². The van der Waals surface area contributed by atoms with Gasteiger partial charge in [-0.1, -0.05) is 19.1 Å². The summed E-state index contributed by atoms with van der Waals surface area (Å²) < 4.78 is 5.15. The fourth-order valence-corrected chi connectivity index (χ4v) is 2.72. The molecule has 0 saturated carbocycles. The van der Waals surface area contributed by atoms with E-state index in [0.29, 0.717) is 23.3 Å². The Kier molecular flexibility index (Phi) is 4.31. The van der Waals surface area contributed by atoms with Crippen LogP contribution in [0.15, 0.2) is 53.9 Å². The fraction of sp³-hybridized carbons (Fsp3) is 0.278. The Balaban J connectivity index is 2.00. The summed E-state index contributed by atoms with van der Waals surface area (Å²) in [5.41, 5.74) is 0.230. The van der Waals surface area contributed by atoms with Crippen molar-refractivity contribution in [1.29, 1.82) is 0 Å². The second kappa shape index (κ2) is 6.41. The number of carbonyl (C=O) groups is 1. The first-order valence-corrected chi connectivity index (χ1v) is 7.76. The van der Waals surface area contributed by atoms with E-state index in [2.05, 4.69) is 10.1 Å². The minimum absolute atomic E-state index is 0.280. The molecule has 0 saturated heterocycles. The Morgan fingerprint density at radius 2 is 2.08 bits per heavy atom. The Labute approximate surface area is 140 Å². The van der Waals surface area contributed by atoms with E-state index in [1.165, 1.54) is 6.20 Å². The highest BCUT2D eigenvalue weighted by Gasteiger charge is 2.45. The number of pyridine rings is 1. The molecule has 2 heterocycles. The zero-order chi connectivity index (χ0) is 17.2. The molecule has 6 heteroatoms. The lowest BCUT2D eigenvalue weighted by atomic mass is 9.96. The number of hydrazone groups is 1. The number of carbonyl (C=O) groups excluding carboxylic acids is 1. The number of nitrogens with zero attached hydrogens (tertiary/aromatic N) is 3. The maximum atomic E-state index is 12.8. The molecule has 1 aromatic carbocycles. The SMILES string of the molecule is CCC1=NN(C(=O)c2cccnc2)[C@](O)(c2ccc(OC)cc2)C1. The third-order valence-corrected chi connectivity index (χ3v) is 4.10. The summed E-state index contributed by atoms with van der Waals surface area (Å²) >= 11 is 0. The van der Waals surface area contributed by atoms with E-state index in [1.807, 2.05) is 6.92 Å². The molecule has 6 nitrogen and oxygen atoms in total. The van der Waals surface area contributed by atoms with Gasteiger partial charge in [0, 0.05) is 30.1 Å². The van der Waals surface area contributed by atoms with Gasteiger partial charge in [0.05, 0.1) is 12.7 Å². The van der Waals surface area contributed by atoms with E-state index in [1.54, 1.807) is 49.7 Å². The zero-order valence-corrected chi connectivity index (χ0v) is 13.6. The molecule has 0 bridgehead atoms. The Morgan fingerprint density at radius 1 is 1.33 bits per heavy atom. The molecule has 0 spiro atoms. The molecule has 0 unspecified atom stereocenters. The molecule has 1 atom stereocenters. The van der Waals surface area contributed by atoms with Crippen molar-refractivity contribution < 1.29 is 14.6 Å². The second-order valence-corrected chi connectivity index (χ2v) is 5.60.